The molecule has 1 atom stereocenters. The zero-order chi connectivity index (χ0) is 14.3. The van der Waals surface area contributed by atoms with E-state index in [4.69, 9.17) is 14.2 Å². The molecule has 0 radical (unpaired) electrons. The maximum Gasteiger partial charge on any atom is 0.309 e. The minimum absolute atomic E-state index is 0.0718. The monoisotopic (exact) mass is 266 g/mol. The molecule has 1 aromatic carbocycles. The Morgan fingerprint density at radius 2 is 1.68 bits per heavy atom. The first-order valence-corrected chi connectivity index (χ1v) is 6.50. The van der Waals surface area contributed by atoms with E-state index in [0.717, 1.165) is 11.5 Å². The summed E-state index contributed by atoms with van der Waals surface area (Å²) in [6.07, 6.45) is 0.565. The summed E-state index contributed by atoms with van der Waals surface area (Å²) in [5, 5.41) is 0. The first-order valence-electron chi connectivity index (χ1n) is 6.50. The first kappa shape index (κ1) is 15.3. The Labute approximate surface area is 114 Å². The molecule has 1 unspecified atom stereocenters. The summed E-state index contributed by atoms with van der Waals surface area (Å²) in [4.78, 5) is 11.6. The Hall–Kier alpha value is -1.71. The predicted octanol–water partition coefficient (Wildman–Crippen LogP) is 3.05. The molecule has 0 aromatic heterocycles. The van der Waals surface area contributed by atoms with Gasteiger partial charge in [0.25, 0.3) is 0 Å². The third kappa shape index (κ3) is 5.64. The van der Waals surface area contributed by atoms with Gasteiger partial charge in [-0.25, -0.2) is 0 Å². The minimum Gasteiger partial charge on any atom is -0.497 e. The summed E-state index contributed by atoms with van der Waals surface area (Å²) >= 11 is 0. The lowest BCUT2D eigenvalue weighted by Gasteiger charge is -2.14. The molecule has 0 aliphatic rings. The van der Waals surface area contributed by atoms with Gasteiger partial charge in [-0.15, -0.1) is 0 Å². The molecule has 4 nitrogen and oxygen atoms in total. The highest BCUT2D eigenvalue weighted by atomic mass is 16.5. The largest absolute Gasteiger partial charge is 0.497 e. The van der Waals surface area contributed by atoms with Gasteiger partial charge in [0.1, 0.15) is 11.5 Å². The molecular formula is C15H22O4. The molecule has 0 bridgehead atoms. The Bertz CT molecular complexity index is 384. The van der Waals surface area contributed by atoms with Crippen LogP contribution in [0, 0.1) is 5.92 Å². The molecule has 0 spiro atoms. The topological polar surface area (TPSA) is 44.8 Å². The molecule has 1 rings (SSSR count). The van der Waals surface area contributed by atoms with Crippen LogP contribution in [0.25, 0.3) is 0 Å². The van der Waals surface area contributed by atoms with Crippen LogP contribution in [0.3, 0.4) is 0 Å². The van der Waals surface area contributed by atoms with Crippen molar-refractivity contribution in [2.45, 2.75) is 33.3 Å². The van der Waals surface area contributed by atoms with Crippen molar-refractivity contribution in [1.82, 2.24) is 0 Å². The molecule has 0 amide bonds. The maximum absolute atomic E-state index is 11.6. The van der Waals surface area contributed by atoms with Gasteiger partial charge >= 0.3 is 5.97 Å². The lowest BCUT2D eigenvalue weighted by molar-refractivity contribution is -0.152. The molecule has 1 aromatic rings. The van der Waals surface area contributed by atoms with Gasteiger partial charge in [0, 0.05) is 0 Å². The molecular weight excluding hydrogens is 244 g/mol. The molecule has 4 heteroatoms. The fourth-order valence-corrected chi connectivity index (χ4v) is 1.49. The van der Waals surface area contributed by atoms with E-state index in [1.165, 1.54) is 0 Å². The van der Waals surface area contributed by atoms with Crippen molar-refractivity contribution in [3.05, 3.63) is 24.3 Å². The smallest absolute Gasteiger partial charge is 0.309 e. The van der Waals surface area contributed by atoms with E-state index in [1.807, 2.05) is 45.0 Å². The molecule has 0 aliphatic carbocycles. The molecule has 106 valence electrons. The van der Waals surface area contributed by atoms with E-state index in [1.54, 1.807) is 7.11 Å². The summed E-state index contributed by atoms with van der Waals surface area (Å²) < 4.78 is 15.8. The van der Waals surface area contributed by atoms with Gasteiger partial charge in [-0.1, -0.05) is 6.92 Å². The van der Waals surface area contributed by atoms with Gasteiger partial charge in [-0.2, -0.15) is 0 Å². The third-order valence-corrected chi connectivity index (χ3v) is 2.63. The Kier molecular flexibility index (Phi) is 6.19. The van der Waals surface area contributed by atoms with Crippen LogP contribution in [-0.2, 0) is 9.53 Å². The first-order chi connectivity index (χ1) is 9.02. The van der Waals surface area contributed by atoms with Gasteiger partial charge in [-0.05, 0) is 44.5 Å². The molecule has 0 saturated carbocycles. The summed E-state index contributed by atoms with van der Waals surface area (Å²) in [6.45, 7) is 6.03. The maximum atomic E-state index is 11.6. The average Bonchev–Trinajstić information content (AvgIpc) is 2.38. The number of hydrogen-bond donors (Lipinski definition) is 0. The van der Waals surface area contributed by atoms with E-state index in [9.17, 15) is 4.79 Å². The highest BCUT2D eigenvalue weighted by Gasteiger charge is 2.15. The zero-order valence-electron chi connectivity index (χ0n) is 12.0. The number of ether oxygens (including phenoxy) is 3. The Morgan fingerprint density at radius 3 is 2.21 bits per heavy atom. The van der Waals surface area contributed by atoms with Crippen molar-refractivity contribution < 1.29 is 19.0 Å². The fourth-order valence-electron chi connectivity index (χ4n) is 1.49. The summed E-state index contributed by atoms with van der Waals surface area (Å²) in [5.74, 6) is 1.24. The van der Waals surface area contributed by atoms with Crippen molar-refractivity contribution in [3.8, 4) is 11.5 Å². The average molecular weight is 266 g/mol. The molecule has 19 heavy (non-hydrogen) atoms. The van der Waals surface area contributed by atoms with Crippen molar-refractivity contribution in [3.63, 3.8) is 0 Å². The summed E-state index contributed by atoms with van der Waals surface area (Å²) in [5.41, 5.74) is 0. The van der Waals surface area contributed by atoms with Crippen LogP contribution in [0.2, 0.25) is 0 Å². The van der Waals surface area contributed by atoms with Gasteiger partial charge in [0.05, 0.1) is 25.7 Å². The van der Waals surface area contributed by atoms with Crippen LogP contribution in [0.5, 0.6) is 11.5 Å². The second-order valence-electron chi connectivity index (χ2n) is 4.70. The van der Waals surface area contributed by atoms with Crippen molar-refractivity contribution in [2.75, 3.05) is 13.7 Å². The number of methoxy groups -OCH3 is 1. The van der Waals surface area contributed by atoms with E-state index < -0.39 is 0 Å². The lowest BCUT2D eigenvalue weighted by atomic mass is 10.1. The van der Waals surface area contributed by atoms with Gasteiger partial charge in [-0.3, -0.25) is 4.79 Å². The van der Waals surface area contributed by atoms with Crippen LogP contribution in [0.4, 0.5) is 0 Å². The molecule has 0 saturated heterocycles. The van der Waals surface area contributed by atoms with Gasteiger partial charge < -0.3 is 14.2 Å². The van der Waals surface area contributed by atoms with E-state index in [0.29, 0.717) is 13.0 Å². The highest BCUT2D eigenvalue weighted by Crippen LogP contribution is 2.17. The van der Waals surface area contributed by atoms with Gasteiger partial charge in [0.15, 0.2) is 0 Å². The third-order valence-electron chi connectivity index (χ3n) is 2.63. The number of carbonyl (C=O) groups excluding carboxylic acids is 1. The summed E-state index contributed by atoms with van der Waals surface area (Å²) in [6, 6.07) is 7.36. The van der Waals surface area contributed by atoms with Crippen LogP contribution in [-0.4, -0.2) is 25.8 Å². The second kappa shape index (κ2) is 7.67. The van der Waals surface area contributed by atoms with Crippen molar-refractivity contribution >= 4 is 5.97 Å². The summed E-state index contributed by atoms with van der Waals surface area (Å²) in [7, 11) is 1.62. The zero-order valence-corrected chi connectivity index (χ0v) is 12.0. The minimum atomic E-state index is -0.173. The highest BCUT2D eigenvalue weighted by molar-refractivity contribution is 5.72. The number of carbonyl (C=O) groups is 1. The van der Waals surface area contributed by atoms with Crippen LogP contribution < -0.4 is 9.47 Å². The van der Waals surface area contributed by atoms with E-state index in [2.05, 4.69) is 0 Å². The molecule has 0 N–H and O–H groups in total. The SMILES string of the molecule is COc1ccc(OCCC(C)C(=O)OC(C)C)cc1. The molecule has 0 heterocycles. The number of rotatable bonds is 7. The second-order valence-corrected chi connectivity index (χ2v) is 4.70. The quantitative estimate of drug-likeness (QED) is 0.711. The Morgan fingerprint density at radius 1 is 1.11 bits per heavy atom. The number of hydrogen-bond acceptors (Lipinski definition) is 4. The lowest BCUT2D eigenvalue weighted by Crippen LogP contribution is -2.20. The normalized spacial score (nSPS) is 12.1. The van der Waals surface area contributed by atoms with Crippen molar-refractivity contribution in [2.24, 2.45) is 5.92 Å². The molecule has 0 aliphatic heterocycles. The van der Waals surface area contributed by atoms with E-state index in [-0.39, 0.29) is 18.0 Å². The van der Waals surface area contributed by atoms with Crippen LogP contribution in [0.15, 0.2) is 24.3 Å². The van der Waals surface area contributed by atoms with E-state index >= 15 is 0 Å². The van der Waals surface area contributed by atoms with Crippen LogP contribution in [0.1, 0.15) is 27.2 Å². The van der Waals surface area contributed by atoms with Crippen LogP contribution >= 0.6 is 0 Å². The predicted molar refractivity (Wildman–Crippen MR) is 73.5 cm³/mol. The number of benzene rings is 1. The number of esters is 1. The fraction of sp³-hybridized carbons (Fsp3) is 0.533. The standard InChI is InChI=1S/C15H22O4/c1-11(2)19-15(16)12(3)9-10-18-14-7-5-13(17-4)6-8-14/h5-8,11-12H,9-10H2,1-4H3. The molecule has 0 fully saturated rings. The Balaban J connectivity index is 2.30. The van der Waals surface area contributed by atoms with Gasteiger partial charge in [0.2, 0.25) is 0 Å². The van der Waals surface area contributed by atoms with Crippen molar-refractivity contribution in [1.29, 1.82) is 0 Å².